The highest BCUT2D eigenvalue weighted by atomic mass is 31.1. The molecule has 0 saturated carbocycles. The van der Waals surface area contributed by atoms with E-state index in [0.717, 1.165) is 21.7 Å². The molecule has 1 aromatic rings. The molecule has 1 N–H and O–H groups in total. The summed E-state index contributed by atoms with van der Waals surface area (Å²) in [5, 5.41) is 10.0. The number of hydrogen-bond acceptors (Lipinski definition) is 2. The van der Waals surface area contributed by atoms with E-state index in [2.05, 4.69) is 27.4 Å². The monoisotopic (exact) mass is 349 g/mol. The number of benzene rings is 1. The second-order valence-corrected chi connectivity index (χ2v) is 9.48. The molecule has 1 amide bonds. The third-order valence-electron chi connectivity index (χ3n) is 5.59. The molecule has 3 unspecified atom stereocenters. The van der Waals surface area contributed by atoms with Gasteiger partial charge in [0.15, 0.2) is 0 Å². The summed E-state index contributed by atoms with van der Waals surface area (Å²) in [7, 11) is 0.793. The number of rotatable bonds is 2. The maximum absolute atomic E-state index is 14.3. The van der Waals surface area contributed by atoms with Crippen molar-refractivity contribution in [2.45, 2.75) is 39.2 Å². The SMILES string of the molecule is CPC1CN(C(=O)c2cc(F)c3c(c2)B(O)CC3)CC1C(C)(C)C. The molecule has 3 rings (SSSR count). The van der Waals surface area contributed by atoms with Gasteiger partial charge in [0.25, 0.3) is 5.91 Å². The summed E-state index contributed by atoms with van der Waals surface area (Å²) in [6, 6.07) is 3.05. The topological polar surface area (TPSA) is 40.5 Å². The van der Waals surface area contributed by atoms with Crippen molar-refractivity contribution < 1.29 is 14.2 Å². The molecule has 2 heterocycles. The van der Waals surface area contributed by atoms with Crippen LogP contribution in [0.5, 0.6) is 0 Å². The van der Waals surface area contributed by atoms with Gasteiger partial charge < -0.3 is 9.92 Å². The average Bonchev–Trinajstić information content (AvgIpc) is 3.11. The molecule has 1 fully saturated rings. The summed E-state index contributed by atoms with van der Waals surface area (Å²) in [5.74, 6) is 0.00772. The fourth-order valence-electron chi connectivity index (χ4n) is 4.10. The van der Waals surface area contributed by atoms with Gasteiger partial charge in [-0.1, -0.05) is 26.8 Å². The lowest BCUT2D eigenvalue weighted by Gasteiger charge is -2.30. The first-order valence-corrected chi connectivity index (χ1v) is 10.3. The molecule has 0 aromatic heterocycles. The molecule has 3 nitrogen and oxygen atoms in total. The molecule has 24 heavy (non-hydrogen) atoms. The van der Waals surface area contributed by atoms with E-state index in [-0.39, 0.29) is 17.1 Å². The van der Waals surface area contributed by atoms with Crippen LogP contribution in [0.25, 0.3) is 0 Å². The quantitative estimate of drug-likeness (QED) is 0.658. The van der Waals surface area contributed by atoms with E-state index in [1.807, 2.05) is 4.90 Å². The molecule has 1 aromatic carbocycles. The first-order valence-electron chi connectivity index (χ1n) is 8.69. The minimum absolute atomic E-state index is 0.106. The molecule has 3 atom stereocenters. The number of nitrogens with zero attached hydrogens (tertiary/aromatic N) is 1. The fraction of sp³-hybridized carbons (Fsp3) is 0.611. The lowest BCUT2D eigenvalue weighted by Crippen LogP contribution is -2.33. The highest BCUT2D eigenvalue weighted by molar-refractivity contribution is 7.38. The van der Waals surface area contributed by atoms with Crippen molar-refractivity contribution in [3.8, 4) is 0 Å². The summed E-state index contributed by atoms with van der Waals surface area (Å²) in [4.78, 5) is 14.8. The molecule has 1 saturated heterocycles. The Balaban J connectivity index is 1.86. The first-order chi connectivity index (χ1) is 11.2. The van der Waals surface area contributed by atoms with E-state index in [9.17, 15) is 14.2 Å². The van der Waals surface area contributed by atoms with Crippen LogP contribution in [0.2, 0.25) is 6.32 Å². The molecular weight excluding hydrogens is 323 g/mol. The van der Waals surface area contributed by atoms with Crippen molar-refractivity contribution in [3.05, 3.63) is 29.1 Å². The van der Waals surface area contributed by atoms with Crippen LogP contribution >= 0.6 is 8.58 Å². The Morgan fingerprint density at radius 1 is 1.38 bits per heavy atom. The lowest BCUT2D eigenvalue weighted by molar-refractivity contribution is 0.0776. The van der Waals surface area contributed by atoms with Crippen molar-refractivity contribution in [2.75, 3.05) is 19.8 Å². The molecule has 0 aliphatic carbocycles. The van der Waals surface area contributed by atoms with E-state index in [0.29, 0.717) is 40.9 Å². The van der Waals surface area contributed by atoms with Gasteiger partial charge in [-0.3, -0.25) is 4.79 Å². The fourth-order valence-corrected chi connectivity index (χ4v) is 5.51. The van der Waals surface area contributed by atoms with Crippen molar-refractivity contribution in [1.29, 1.82) is 0 Å². The van der Waals surface area contributed by atoms with Crippen molar-refractivity contribution >= 4 is 26.9 Å². The molecule has 6 heteroatoms. The summed E-state index contributed by atoms with van der Waals surface area (Å²) in [5.41, 5.74) is 2.21. The van der Waals surface area contributed by atoms with Gasteiger partial charge in [-0.25, -0.2) is 4.39 Å². The molecule has 130 valence electrons. The zero-order valence-corrected chi connectivity index (χ0v) is 15.9. The predicted molar refractivity (Wildman–Crippen MR) is 99.4 cm³/mol. The second-order valence-electron chi connectivity index (χ2n) is 8.16. The van der Waals surface area contributed by atoms with Crippen LogP contribution in [0.1, 0.15) is 36.7 Å². The smallest absolute Gasteiger partial charge is 0.324 e. The molecule has 2 aliphatic rings. The third kappa shape index (κ3) is 3.13. The Labute approximate surface area is 145 Å². The minimum Gasteiger partial charge on any atom is -0.446 e. The summed E-state index contributed by atoms with van der Waals surface area (Å²) >= 11 is 0. The number of fused-ring (bicyclic) bond motifs is 1. The highest BCUT2D eigenvalue weighted by Gasteiger charge is 2.41. The van der Waals surface area contributed by atoms with Crippen molar-refractivity contribution in [3.63, 3.8) is 0 Å². The third-order valence-corrected chi connectivity index (χ3v) is 6.92. The molecule has 0 spiro atoms. The maximum atomic E-state index is 14.3. The molecular formula is C18H26BFNO2P. The van der Waals surface area contributed by atoms with Gasteiger partial charge in [0.05, 0.1) is 0 Å². The van der Waals surface area contributed by atoms with E-state index in [1.165, 1.54) is 6.07 Å². The predicted octanol–water partition coefficient (Wildman–Crippen LogP) is 2.37. The maximum Gasteiger partial charge on any atom is 0.324 e. The van der Waals surface area contributed by atoms with E-state index < -0.39 is 6.92 Å². The number of likely N-dealkylation sites (tertiary alicyclic amines) is 1. The summed E-state index contributed by atoms with van der Waals surface area (Å²) < 4.78 is 14.3. The van der Waals surface area contributed by atoms with Crippen LogP contribution in [0.3, 0.4) is 0 Å². The van der Waals surface area contributed by atoms with E-state index in [4.69, 9.17) is 0 Å². The van der Waals surface area contributed by atoms with E-state index >= 15 is 0 Å². The van der Waals surface area contributed by atoms with Gasteiger partial charge >= 0.3 is 6.92 Å². The number of carbonyl (C=O) groups excluding carboxylic acids is 1. The number of amides is 1. The number of halogens is 1. The Hall–Kier alpha value is -0.925. The van der Waals surface area contributed by atoms with Gasteiger partial charge in [-0.2, -0.15) is 0 Å². The average molecular weight is 349 g/mol. The van der Waals surface area contributed by atoms with Gasteiger partial charge in [0, 0.05) is 18.7 Å². The number of hydrogen-bond donors (Lipinski definition) is 1. The van der Waals surface area contributed by atoms with Gasteiger partial charge in [0.2, 0.25) is 0 Å². The molecule has 0 radical (unpaired) electrons. The summed E-state index contributed by atoms with van der Waals surface area (Å²) in [6.45, 7) is 9.71. The molecule has 0 bridgehead atoms. The Morgan fingerprint density at radius 2 is 2.08 bits per heavy atom. The molecule has 2 aliphatic heterocycles. The normalized spacial score (nSPS) is 24.2. The standard InChI is InChI=1S/C18H26BFNO2P/c1-18(2,3)13-9-21(10-16(13)24-4)17(22)11-7-14-12(15(20)8-11)5-6-19(14)23/h7-8,13,16,23-24H,5-6,9-10H2,1-4H3. The largest absolute Gasteiger partial charge is 0.446 e. The Kier molecular flexibility index (Phi) is 4.79. The first kappa shape index (κ1) is 17.9. The Morgan fingerprint density at radius 3 is 2.67 bits per heavy atom. The van der Waals surface area contributed by atoms with Gasteiger partial charge in [-0.15, -0.1) is 8.58 Å². The van der Waals surface area contributed by atoms with Crippen molar-refractivity contribution in [2.24, 2.45) is 11.3 Å². The highest BCUT2D eigenvalue weighted by Crippen LogP contribution is 2.41. The van der Waals surface area contributed by atoms with Crippen LogP contribution < -0.4 is 5.46 Å². The van der Waals surface area contributed by atoms with Gasteiger partial charge in [0.1, 0.15) is 5.82 Å². The van der Waals surface area contributed by atoms with Gasteiger partial charge in [-0.05, 0) is 53.5 Å². The van der Waals surface area contributed by atoms with E-state index in [1.54, 1.807) is 6.07 Å². The summed E-state index contributed by atoms with van der Waals surface area (Å²) in [6.07, 6.45) is 1.09. The van der Waals surface area contributed by atoms with Crippen LogP contribution in [-0.4, -0.2) is 48.2 Å². The Bertz CT molecular complexity index is 661. The van der Waals surface area contributed by atoms with Crippen molar-refractivity contribution in [1.82, 2.24) is 4.90 Å². The number of carbonyl (C=O) groups is 1. The zero-order valence-electron chi connectivity index (χ0n) is 14.9. The van der Waals surface area contributed by atoms with Crippen LogP contribution in [0.4, 0.5) is 4.39 Å². The minimum atomic E-state index is -0.645. The van der Waals surface area contributed by atoms with Crippen LogP contribution in [-0.2, 0) is 6.42 Å². The lowest BCUT2D eigenvalue weighted by atomic mass is 9.63. The zero-order chi connectivity index (χ0) is 17.6. The van der Waals surface area contributed by atoms with Crippen LogP contribution in [0, 0.1) is 17.2 Å². The van der Waals surface area contributed by atoms with Crippen LogP contribution in [0.15, 0.2) is 12.1 Å². The second kappa shape index (κ2) is 6.42.